The first-order chi connectivity index (χ1) is 15.4. The second-order valence-corrected chi connectivity index (χ2v) is 8.62. The number of esters is 1. The lowest BCUT2D eigenvalue weighted by Gasteiger charge is -2.22. The monoisotopic (exact) mass is 466 g/mol. The molecule has 9 heteroatoms. The van der Waals surface area contributed by atoms with E-state index in [1.807, 2.05) is 0 Å². The molecule has 2 aromatic heterocycles. The number of hydrogen-bond acceptors (Lipinski definition) is 7. The van der Waals surface area contributed by atoms with E-state index >= 15 is 0 Å². The molecule has 0 saturated carbocycles. The zero-order valence-corrected chi connectivity index (χ0v) is 18.5. The summed E-state index contributed by atoms with van der Waals surface area (Å²) in [6, 6.07) is 12.9. The molecule has 32 heavy (non-hydrogen) atoms. The highest BCUT2D eigenvalue weighted by atomic mass is 35.5. The van der Waals surface area contributed by atoms with E-state index in [1.165, 1.54) is 12.0 Å². The third-order valence-electron chi connectivity index (χ3n) is 5.30. The third kappa shape index (κ3) is 3.03. The predicted octanol–water partition coefficient (Wildman–Crippen LogP) is 4.75. The van der Waals surface area contributed by atoms with Crippen LogP contribution in [0.2, 0.25) is 5.02 Å². The molecule has 2 aromatic carbocycles. The van der Waals surface area contributed by atoms with Crippen molar-refractivity contribution in [1.29, 1.82) is 0 Å². The first-order valence-electron chi connectivity index (χ1n) is 9.61. The van der Waals surface area contributed by atoms with Gasteiger partial charge in [0.25, 0.3) is 5.91 Å². The number of rotatable bonds is 3. The largest absolute Gasteiger partial charge is 0.465 e. The van der Waals surface area contributed by atoms with Crippen molar-refractivity contribution in [3.63, 3.8) is 0 Å². The molecule has 0 aliphatic carbocycles. The molecule has 1 aliphatic rings. The number of methoxy groups -OCH3 is 1. The van der Waals surface area contributed by atoms with Crippen LogP contribution in [0.5, 0.6) is 0 Å². The number of halogens is 1. The summed E-state index contributed by atoms with van der Waals surface area (Å²) in [5.74, 6) is -1.11. The van der Waals surface area contributed by atoms with Gasteiger partial charge in [-0.25, -0.2) is 9.78 Å². The third-order valence-corrected chi connectivity index (χ3v) is 6.68. The fraction of sp³-hybridized carbons (Fsp3) is 0.130. The van der Waals surface area contributed by atoms with Crippen molar-refractivity contribution in [2.75, 3.05) is 12.0 Å². The van der Waals surface area contributed by atoms with Crippen LogP contribution in [0.25, 0.3) is 11.0 Å². The second-order valence-electron chi connectivity index (χ2n) is 7.21. The van der Waals surface area contributed by atoms with Gasteiger partial charge in [0.15, 0.2) is 10.6 Å². The van der Waals surface area contributed by atoms with Crippen LogP contribution in [-0.2, 0) is 4.74 Å². The molecular formula is C23H15ClN2O5S. The van der Waals surface area contributed by atoms with Gasteiger partial charge in [-0.3, -0.25) is 14.5 Å². The summed E-state index contributed by atoms with van der Waals surface area (Å²) < 4.78 is 10.7. The summed E-state index contributed by atoms with van der Waals surface area (Å²) in [5, 5.41) is 1.09. The van der Waals surface area contributed by atoms with Crippen LogP contribution in [-0.4, -0.2) is 24.0 Å². The number of anilines is 1. The van der Waals surface area contributed by atoms with Crippen molar-refractivity contribution in [3.05, 3.63) is 91.2 Å². The van der Waals surface area contributed by atoms with E-state index in [1.54, 1.807) is 55.5 Å². The molecular weight excluding hydrogens is 452 g/mol. The van der Waals surface area contributed by atoms with Crippen LogP contribution >= 0.6 is 22.9 Å². The van der Waals surface area contributed by atoms with Gasteiger partial charge in [0.1, 0.15) is 10.5 Å². The fourth-order valence-corrected chi connectivity index (χ4v) is 5.09. The summed E-state index contributed by atoms with van der Waals surface area (Å²) in [6.07, 6.45) is 0. The molecule has 1 aliphatic heterocycles. The highest BCUT2D eigenvalue weighted by molar-refractivity contribution is 7.17. The van der Waals surface area contributed by atoms with E-state index in [4.69, 9.17) is 20.8 Å². The minimum atomic E-state index is -0.812. The molecule has 0 unspecified atom stereocenters. The minimum Gasteiger partial charge on any atom is -0.465 e. The number of aromatic nitrogens is 1. The van der Waals surface area contributed by atoms with E-state index in [0.717, 1.165) is 11.3 Å². The Labute approximate surface area is 190 Å². The van der Waals surface area contributed by atoms with Gasteiger partial charge < -0.3 is 9.15 Å². The molecule has 1 atom stereocenters. The molecule has 1 amide bonds. The van der Waals surface area contributed by atoms with E-state index in [0.29, 0.717) is 27.2 Å². The van der Waals surface area contributed by atoms with Crippen LogP contribution in [0.1, 0.15) is 43.1 Å². The van der Waals surface area contributed by atoms with Gasteiger partial charge in [0, 0.05) is 5.02 Å². The molecule has 0 bridgehead atoms. The van der Waals surface area contributed by atoms with E-state index in [-0.39, 0.29) is 26.8 Å². The summed E-state index contributed by atoms with van der Waals surface area (Å²) in [5.41, 5.74) is 1.28. The highest BCUT2D eigenvalue weighted by Crippen LogP contribution is 2.43. The average Bonchev–Trinajstić information content (AvgIpc) is 3.31. The van der Waals surface area contributed by atoms with Crippen molar-refractivity contribution >= 4 is 50.9 Å². The van der Waals surface area contributed by atoms with Crippen LogP contribution in [0.15, 0.2) is 57.7 Å². The molecule has 7 nitrogen and oxygen atoms in total. The zero-order valence-electron chi connectivity index (χ0n) is 16.9. The average molecular weight is 467 g/mol. The first kappa shape index (κ1) is 20.4. The topological polar surface area (TPSA) is 89.7 Å². The van der Waals surface area contributed by atoms with Crippen molar-refractivity contribution < 1.29 is 18.7 Å². The molecule has 160 valence electrons. The number of aryl methyl sites for hydroxylation is 1. The van der Waals surface area contributed by atoms with Crippen LogP contribution in [0, 0.1) is 6.92 Å². The summed E-state index contributed by atoms with van der Waals surface area (Å²) >= 11 is 7.25. The van der Waals surface area contributed by atoms with E-state index in [2.05, 4.69) is 4.98 Å². The van der Waals surface area contributed by atoms with Gasteiger partial charge in [-0.1, -0.05) is 47.2 Å². The molecule has 3 heterocycles. The number of ether oxygens (including phenoxy) is 1. The Morgan fingerprint density at radius 1 is 1.19 bits per heavy atom. The highest BCUT2D eigenvalue weighted by Gasteiger charge is 2.45. The number of nitrogens with zero attached hydrogens (tertiary/aromatic N) is 2. The number of carbonyl (C=O) groups excluding carboxylic acids is 2. The molecule has 0 fully saturated rings. The Hall–Kier alpha value is -3.49. The molecule has 0 radical (unpaired) electrons. The zero-order chi connectivity index (χ0) is 22.6. The van der Waals surface area contributed by atoms with E-state index in [9.17, 15) is 14.4 Å². The Balaban J connectivity index is 1.79. The van der Waals surface area contributed by atoms with Gasteiger partial charge in [-0.05, 0) is 36.8 Å². The van der Waals surface area contributed by atoms with Gasteiger partial charge in [-0.15, -0.1) is 0 Å². The van der Waals surface area contributed by atoms with Crippen molar-refractivity contribution in [1.82, 2.24) is 4.98 Å². The van der Waals surface area contributed by atoms with Gasteiger partial charge in [-0.2, -0.15) is 0 Å². The first-order valence-corrected chi connectivity index (χ1v) is 10.8. The summed E-state index contributed by atoms with van der Waals surface area (Å²) in [4.78, 5) is 45.2. The van der Waals surface area contributed by atoms with Gasteiger partial charge >= 0.3 is 5.97 Å². The summed E-state index contributed by atoms with van der Waals surface area (Å²) in [6.45, 7) is 1.66. The Morgan fingerprint density at radius 2 is 1.97 bits per heavy atom. The number of carbonyl (C=O) groups is 2. The minimum absolute atomic E-state index is 0.0499. The van der Waals surface area contributed by atoms with Crippen molar-refractivity contribution in [3.8, 4) is 0 Å². The lowest BCUT2D eigenvalue weighted by atomic mass is 9.99. The fourth-order valence-electron chi connectivity index (χ4n) is 3.88. The van der Waals surface area contributed by atoms with Crippen LogP contribution in [0.3, 0.4) is 0 Å². The second kappa shape index (κ2) is 7.58. The number of benzene rings is 2. The van der Waals surface area contributed by atoms with Crippen LogP contribution < -0.4 is 10.3 Å². The number of thiazole rings is 1. The molecule has 4 aromatic rings. The Bertz CT molecular complexity index is 1480. The lowest BCUT2D eigenvalue weighted by molar-refractivity contribution is 0.0605. The number of amides is 1. The number of hydrogen-bond donors (Lipinski definition) is 0. The number of fused-ring (bicyclic) bond motifs is 2. The van der Waals surface area contributed by atoms with Gasteiger partial charge in [0.2, 0.25) is 5.76 Å². The number of para-hydroxylation sites is 1. The van der Waals surface area contributed by atoms with Crippen LogP contribution in [0.4, 0.5) is 5.13 Å². The lowest BCUT2D eigenvalue weighted by Crippen LogP contribution is -2.29. The Kier molecular flexibility index (Phi) is 4.83. The maximum atomic E-state index is 13.5. The SMILES string of the molecule is COC(=O)c1sc(N2C(=O)c3oc4ccccc4c(=O)c3[C@@H]2c2cccc(Cl)c2)nc1C. The van der Waals surface area contributed by atoms with Crippen molar-refractivity contribution in [2.24, 2.45) is 0 Å². The molecule has 0 spiro atoms. The molecule has 5 rings (SSSR count). The normalized spacial score (nSPS) is 15.3. The van der Waals surface area contributed by atoms with Crippen molar-refractivity contribution in [2.45, 2.75) is 13.0 Å². The molecule has 0 N–H and O–H groups in total. The predicted molar refractivity (Wildman–Crippen MR) is 121 cm³/mol. The van der Waals surface area contributed by atoms with E-state index < -0.39 is 17.9 Å². The molecule has 0 saturated heterocycles. The summed E-state index contributed by atoms with van der Waals surface area (Å²) in [7, 11) is 1.28. The maximum Gasteiger partial charge on any atom is 0.350 e. The quantitative estimate of drug-likeness (QED) is 0.405. The smallest absolute Gasteiger partial charge is 0.350 e. The van der Waals surface area contributed by atoms with Gasteiger partial charge in [0.05, 0.1) is 29.8 Å². The standard InChI is InChI=1S/C23H15ClN2O5S/c1-11-20(22(29)30-2)32-23(25-11)26-17(12-6-5-7-13(24)10-12)16-18(27)14-8-3-4-9-15(14)31-19(16)21(26)28/h3-10,17H,1-2H3/t17-/m0/s1. The Morgan fingerprint density at radius 3 is 2.72 bits per heavy atom. The maximum absolute atomic E-state index is 13.5.